The number of nitrogens with zero attached hydrogens (tertiary/aromatic N) is 1. The fourth-order valence-corrected chi connectivity index (χ4v) is 3.07. The lowest BCUT2D eigenvalue weighted by atomic mass is 9.76. The first kappa shape index (κ1) is 16.4. The van der Waals surface area contributed by atoms with Gasteiger partial charge in [-0.05, 0) is 38.8 Å². The third-order valence-electron chi connectivity index (χ3n) is 4.40. The molecule has 1 amide bonds. The highest BCUT2D eigenvalue weighted by atomic mass is 16.3. The molecule has 1 fully saturated rings. The average molecular weight is 270 g/mol. The minimum Gasteiger partial charge on any atom is -0.393 e. The van der Waals surface area contributed by atoms with E-state index in [2.05, 4.69) is 24.1 Å². The van der Waals surface area contributed by atoms with Crippen LogP contribution in [0.1, 0.15) is 46.5 Å². The Bertz CT molecular complexity index is 265. The van der Waals surface area contributed by atoms with Gasteiger partial charge in [-0.15, -0.1) is 0 Å². The quantitative estimate of drug-likeness (QED) is 0.739. The Labute approximate surface area is 117 Å². The van der Waals surface area contributed by atoms with Gasteiger partial charge in [0.05, 0.1) is 6.10 Å². The molecule has 2 N–H and O–H groups in total. The van der Waals surface area contributed by atoms with Crippen molar-refractivity contribution < 1.29 is 9.90 Å². The van der Waals surface area contributed by atoms with E-state index < -0.39 is 0 Å². The van der Waals surface area contributed by atoms with E-state index in [1.54, 1.807) is 0 Å². The van der Waals surface area contributed by atoms with E-state index in [1.165, 1.54) is 0 Å². The molecule has 0 aromatic rings. The van der Waals surface area contributed by atoms with Gasteiger partial charge in [0.15, 0.2) is 0 Å². The van der Waals surface area contributed by atoms with E-state index in [0.717, 1.165) is 45.3 Å². The molecule has 3 atom stereocenters. The molecule has 0 aromatic carbocycles. The molecule has 112 valence electrons. The van der Waals surface area contributed by atoms with Crippen molar-refractivity contribution in [2.24, 2.45) is 11.8 Å². The standard InChI is InChI=1S/C15H30N2O2/c1-4-17(5-2)11-10-16-15(19)14-9-7-6-8-13(14)12(3)18/h12-14,18H,4-11H2,1-3H3,(H,16,19)/t12?,13-,14-/m0/s1. The summed E-state index contributed by atoms with van der Waals surface area (Å²) >= 11 is 0. The van der Waals surface area contributed by atoms with Gasteiger partial charge in [0.1, 0.15) is 0 Å². The predicted molar refractivity (Wildman–Crippen MR) is 77.9 cm³/mol. The minimum atomic E-state index is -0.376. The van der Waals surface area contributed by atoms with Crippen LogP contribution in [-0.4, -0.2) is 48.2 Å². The van der Waals surface area contributed by atoms with Gasteiger partial charge in [0.25, 0.3) is 0 Å². The zero-order chi connectivity index (χ0) is 14.3. The number of carbonyl (C=O) groups excluding carboxylic acids is 1. The van der Waals surface area contributed by atoms with Gasteiger partial charge in [0, 0.05) is 19.0 Å². The number of nitrogens with one attached hydrogen (secondary N) is 1. The molecule has 19 heavy (non-hydrogen) atoms. The second-order valence-corrected chi connectivity index (χ2v) is 5.61. The van der Waals surface area contributed by atoms with Crippen molar-refractivity contribution >= 4 is 5.91 Å². The molecule has 0 radical (unpaired) electrons. The summed E-state index contributed by atoms with van der Waals surface area (Å²) in [5, 5.41) is 12.8. The zero-order valence-electron chi connectivity index (χ0n) is 12.7. The molecular weight excluding hydrogens is 240 g/mol. The van der Waals surface area contributed by atoms with Gasteiger partial charge in [-0.3, -0.25) is 4.79 Å². The molecule has 0 spiro atoms. The number of hydrogen-bond acceptors (Lipinski definition) is 3. The molecule has 1 rings (SSSR count). The highest BCUT2D eigenvalue weighted by molar-refractivity contribution is 5.79. The van der Waals surface area contributed by atoms with Crippen LogP contribution in [0.25, 0.3) is 0 Å². The van der Waals surface area contributed by atoms with Gasteiger partial charge in [-0.25, -0.2) is 0 Å². The van der Waals surface area contributed by atoms with Crippen LogP contribution in [-0.2, 0) is 4.79 Å². The molecule has 1 aliphatic rings. The number of likely N-dealkylation sites (N-methyl/N-ethyl adjacent to an activating group) is 1. The zero-order valence-corrected chi connectivity index (χ0v) is 12.7. The van der Waals surface area contributed by atoms with E-state index in [9.17, 15) is 9.90 Å². The van der Waals surface area contributed by atoms with Gasteiger partial charge in [-0.1, -0.05) is 26.7 Å². The summed E-state index contributed by atoms with van der Waals surface area (Å²) in [5.41, 5.74) is 0. The maximum Gasteiger partial charge on any atom is 0.223 e. The SMILES string of the molecule is CCN(CC)CCNC(=O)[C@H]1CCCC[C@H]1C(C)O. The summed E-state index contributed by atoms with van der Waals surface area (Å²) < 4.78 is 0. The van der Waals surface area contributed by atoms with Crippen LogP contribution in [0.5, 0.6) is 0 Å². The first-order chi connectivity index (χ1) is 9.10. The molecule has 0 saturated heterocycles. The Hall–Kier alpha value is -0.610. The second-order valence-electron chi connectivity index (χ2n) is 5.61. The molecule has 4 nitrogen and oxygen atoms in total. The van der Waals surface area contributed by atoms with E-state index in [4.69, 9.17) is 0 Å². The molecule has 4 heteroatoms. The molecule has 0 aliphatic heterocycles. The van der Waals surface area contributed by atoms with Crippen molar-refractivity contribution in [1.29, 1.82) is 0 Å². The van der Waals surface area contributed by atoms with Crippen LogP contribution >= 0.6 is 0 Å². The van der Waals surface area contributed by atoms with Gasteiger partial charge < -0.3 is 15.3 Å². The van der Waals surface area contributed by atoms with Crippen molar-refractivity contribution in [1.82, 2.24) is 10.2 Å². The number of rotatable bonds is 7. The smallest absolute Gasteiger partial charge is 0.223 e. The normalized spacial score (nSPS) is 25.3. The fourth-order valence-electron chi connectivity index (χ4n) is 3.07. The average Bonchev–Trinajstić information content (AvgIpc) is 2.43. The highest BCUT2D eigenvalue weighted by Gasteiger charge is 2.33. The first-order valence-electron chi connectivity index (χ1n) is 7.78. The van der Waals surface area contributed by atoms with Crippen LogP contribution in [0.15, 0.2) is 0 Å². The van der Waals surface area contributed by atoms with Crippen LogP contribution in [0.2, 0.25) is 0 Å². The Morgan fingerprint density at radius 3 is 2.53 bits per heavy atom. The minimum absolute atomic E-state index is 0.00505. The highest BCUT2D eigenvalue weighted by Crippen LogP contribution is 2.32. The summed E-state index contributed by atoms with van der Waals surface area (Å²) in [6, 6.07) is 0. The summed E-state index contributed by atoms with van der Waals surface area (Å²) in [5.74, 6) is 0.283. The number of aliphatic hydroxyl groups is 1. The number of aliphatic hydroxyl groups excluding tert-OH is 1. The van der Waals surface area contributed by atoms with E-state index >= 15 is 0 Å². The lowest BCUT2D eigenvalue weighted by Crippen LogP contribution is -2.43. The first-order valence-corrected chi connectivity index (χ1v) is 7.78. The monoisotopic (exact) mass is 270 g/mol. The number of hydrogen-bond donors (Lipinski definition) is 2. The van der Waals surface area contributed by atoms with Crippen LogP contribution in [0.3, 0.4) is 0 Å². The predicted octanol–water partition coefficient (Wildman–Crippen LogP) is 1.63. The molecule has 0 heterocycles. The Morgan fingerprint density at radius 2 is 1.95 bits per heavy atom. The van der Waals surface area contributed by atoms with E-state index in [0.29, 0.717) is 6.54 Å². The lowest BCUT2D eigenvalue weighted by molar-refractivity contribution is -0.129. The topological polar surface area (TPSA) is 52.6 Å². The molecule has 0 bridgehead atoms. The maximum absolute atomic E-state index is 12.2. The summed E-state index contributed by atoms with van der Waals surface area (Å²) in [7, 11) is 0. The van der Waals surface area contributed by atoms with E-state index in [-0.39, 0.29) is 23.8 Å². The maximum atomic E-state index is 12.2. The van der Waals surface area contributed by atoms with E-state index in [1.807, 2.05) is 6.92 Å². The molecule has 0 aromatic heterocycles. The van der Waals surface area contributed by atoms with Crippen molar-refractivity contribution in [2.45, 2.75) is 52.6 Å². The summed E-state index contributed by atoms with van der Waals surface area (Å²) in [6.45, 7) is 9.74. The molecular formula is C15H30N2O2. The van der Waals surface area contributed by atoms with Gasteiger partial charge in [-0.2, -0.15) is 0 Å². The summed E-state index contributed by atoms with van der Waals surface area (Å²) in [4.78, 5) is 14.5. The van der Waals surface area contributed by atoms with Crippen molar-refractivity contribution in [3.8, 4) is 0 Å². The van der Waals surface area contributed by atoms with Gasteiger partial charge in [0.2, 0.25) is 5.91 Å². The number of carbonyl (C=O) groups is 1. The molecule has 1 aliphatic carbocycles. The van der Waals surface area contributed by atoms with Crippen LogP contribution in [0.4, 0.5) is 0 Å². The largest absolute Gasteiger partial charge is 0.393 e. The van der Waals surface area contributed by atoms with Crippen LogP contribution in [0, 0.1) is 11.8 Å². The Kier molecular flexibility index (Phi) is 7.39. The van der Waals surface area contributed by atoms with Gasteiger partial charge >= 0.3 is 0 Å². The summed E-state index contributed by atoms with van der Waals surface area (Å²) in [6.07, 6.45) is 3.77. The Morgan fingerprint density at radius 1 is 1.32 bits per heavy atom. The second kappa shape index (κ2) is 8.54. The Balaban J connectivity index is 2.38. The molecule has 1 unspecified atom stereocenters. The third-order valence-corrected chi connectivity index (χ3v) is 4.40. The van der Waals surface area contributed by atoms with Crippen molar-refractivity contribution in [2.75, 3.05) is 26.2 Å². The fraction of sp³-hybridized carbons (Fsp3) is 0.933. The van der Waals surface area contributed by atoms with Crippen LogP contribution < -0.4 is 5.32 Å². The third kappa shape index (κ3) is 5.11. The lowest BCUT2D eigenvalue weighted by Gasteiger charge is -2.32. The van der Waals surface area contributed by atoms with Crippen molar-refractivity contribution in [3.05, 3.63) is 0 Å². The number of amides is 1. The van der Waals surface area contributed by atoms with Crippen molar-refractivity contribution in [3.63, 3.8) is 0 Å². The molecule has 1 saturated carbocycles.